The van der Waals surface area contributed by atoms with E-state index in [1.165, 1.54) is 5.69 Å². The number of alkyl halides is 1. The van der Waals surface area contributed by atoms with Crippen LogP contribution in [0.5, 0.6) is 5.88 Å². The summed E-state index contributed by atoms with van der Waals surface area (Å²) in [5.41, 5.74) is 3.31. The van der Waals surface area contributed by atoms with Crippen molar-refractivity contribution < 1.29 is 23.3 Å². The third-order valence-corrected chi connectivity index (χ3v) is 4.08. The molecule has 0 bridgehead atoms. The normalized spacial score (nSPS) is 11.2. The van der Waals surface area contributed by atoms with Crippen LogP contribution in [0.15, 0.2) is 42.6 Å². The van der Waals surface area contributed by atoms with E-state index in [0.717, 1.165) is 11.1 Å². The minimum Gasteiger partial charge on any atom is -0.475 e. The van der Waals surface area contributed by atoms with Gasteiger partial charge in [0.1, 0.15) is 13.3 Å². The zero-order valence-corrected chi connectivity index (χ0v) is 17.8. The fourth-order valence-electron chi connectivity index (χ4n) is 2.45. The fraction of sp³-hybridized carbons (Fsp3) is 0.435. The molecule has 6 nitrogen and oxygen atoms in total. The molecule has 0 radical (unpaired) electrons. The molecule has 0 N–H and O–H groups in total. The Morgan fingerprint density at radius 2 is 1.33 bits per heavy atom. The summed E-state index contributed by atoms with van der Waals surface area (Å²) >= 11 is 0. The lowest BCUT2D eigenvalue weighted by molar-refractivity contribution is 0.00728. The highest BCUT2D eigenvalue weighted by molar-refractivity contribution is 5.70. The van der Waals surface area contributed by atoms with E-state index >= 15 is 0 Å². The number of halogens is 1. The lowest BCUT2D eigenvalue weighted by Crippen LogP contribution is -2.13. The number of anilines is 1. The molecule has 0 atom stereocenters. The van der Waals surface area contributed by atoms with Crippen LogP contribution in [-0.2, 0) is 14.2 Å². The fourth-order valence-corrected chi connectivity index (χ4v) is 2.45. The van der Waals surface area contributed by atoms with Gasteiger partial charge < -0.3 is 23.8 Å². The zero-order valence-electron chi connectivity index (χ0n) is 17.8. The van der Waals surface area contributed by atoms with Crippen LogP contribution in [0.3, 0.4) is 0 Å². The van der Waals surface area contributed by atoms with E-state index in [2.05, 4.69) is 40.2 Å². The molecule has 0 aliphatic rings. The highest BCUT2D eigenvalue weighted by Gasteiger charge is 1.97. The van der Waals surface area contributed by atoms with Crippen molar-refractivity contribution in [2.75, 3.05) is 71.9 Å². The van der Waals surface area contributed by atoms with E-state index in [4.69, 9.17) is 18.9 Å². The van der Waals surface area contributed by atoms with E-state index in [-0.39, 0.29) is 6.61 Å². The summed E-state index contributed by atoms with van der Waals surface area (Å²) in [5, 5.41) is 0. The first-order valence-electron chi connectivity index (χ1n) is 10.0. The van der Waals surface area contributed by atoms with Gasteiger partial charge in [-0.05, 0) is 29.3 Å². The van der Waals surface area contributed by atoms with Crippen molar-refractivity contribution in [2.45, 2.75) is 0 Å². The second kappa shape index (κ2) is 14.5. The molecule has 0 aliphatic carbocycles. The summed E-state index contributed by atoms with van der Waals surface area (Å²) in [6, 6.07) is 12.2. The standard InChI is InChI=1S/C23H31FN2O4/c1-26(2)22-8-5-20(6-9-22)3-4-21-7-10-23(25-19-21)30-18-17-29-16-15-28-14-13-27-12-11-24/h3-10,19H,11-18H2,1-2H3/b4-3+. The SMILES string of the molecule is CN(C)c1ccc(/C=C/c2ccc(OCCOCCOCCOCCF)nc2)cc1. The minimum absolute atomic E-state index is 0.118. The van der Waals surface area contributed by atoms with Gasteiger partial charge in [-0.15, -0.1) is 0 Å². The average Bonchev–Trinajstić information content (AvgIpc) is 2.77. The Balaban J connectivity index is 1.58. The Bertz CT molecular complexity index is 721. The third-order valence-electron chi connectivity index (χ3n) is 4.08. The van der Waals surface area contributed by atoms with E-state index in [9.17, 15) is 4.39 Å². The van der Waals surface area contributed by atoms with Crippen LogP contribution < -0.4 is 9.64 Å². The van der Waals surface area contributed by atoms with Crippen molar-refractivity contribution in [1.29, 1.82) is 0 Å². The lowest BCUT2D eigenvalue weighted by atomic mass is 10.1. The van der Waals surface area contributed by atoms with Crippen LogP contribution in [-0.4, -0.2) is 72.0 Å². The summed E-state index contributed by atoms with van der Waals surface area (Å²) in [7, 11) is 4.05. The Morgan fingerprint density at radius 3 is 1.90 bits per heavy atom. The molecule has 0 unspecified atom stereocenters. The Hall–Kier alpha value is -2.48. The molecule has 30 heavy (non-hydrogen) atoms. The van der Waals surface area contributed by atoms with E-state index in [1.54, 1.807) is 6.20 Å². The molecular weight excluding hydrogens is 387 g/mol. The minimum atomic E-state index is -0.469. The number of rotatable bonds is 15. The second-order valence-corrected chi connectivity index (χ2v) is 6.62. The summed E-state index contributed by atoms with van der Waals surface area (Å²) in [6.45, 7) is 2.29. The molecule has 2 rings (SSSR count). The Morgan fingerprint density at radius 1 is 0.767 bits per heavy atom. The Kier molecular flexibility index (Phi) is 11.5. The molecule has 2 aromatic rings. The lowest BCUT2D eigenvalue weighted by Gasteiger charge is -2.11. The zero-order chi connectivity index (χ0) is 21.4. The molecule has 1 aromatic heterocycles. The molecule has 0 saturated carbocycles. The van der Waals surface area contributed by atoms with Crippen LogP contribution in [0.2, 0.25) is 0 Å². The number of nitrogens with zero attached hydrogens (tertiary/aromatic N) is 2. The highest BCUT2D eigenvalue weighted by atomic mass is 19.1. The van der Waals surface area contributed by atoms with Gasteiger partial charge in [0.05, 0.1) is 39.6 Å². The van der Waals surface area contributed by atoms with Crippen molar-refractivity contribution in [3.05, 3.63) is 53.7 Å². The monoisotopic (exact) mass is 418 g/mol. The first-order valence-corrected chi connectivity index (χ1v) is 10.0. The van der Waals surface area contributed by atoms with Crippen molar-refractivity contribution in [2.24, 2.45) is 0 Å². The maximum Gasteiger partial charge on any atom is 0.213 e. The molecule has 0 aliphatic heterocycles. The smallest absolute Gasteiger partial charge is 0.213 e. The van der Waals surface area contributed by atoms with Gasteiger partial charge in [0.15, 0.2) is 0 Å². The predicted octanol–water partition coefficient (Wildman–Crippen LogP) is 3.72. The van der Waals surface area contributed by atoms with Crippen molar-refractivity contribution in [1.82, 2.24) is 4.98 Å². The largest absolute Gasteiger partial charge is 0.475 e. The maximum atomic E-state index is 11.8. The molecule has 164 valence electrons. The molecule has 7 heteroatoms. The molecule has 1 aromatic carbocycles. The number of hydrogen-bond donors (Lipinski definition) is 0. The molecule has 1 heterocycles. The number of aromatic nitrogens is 1. The third kappa shape index (κ3) is 9.82. The second-order valence-electron chi connectivity index (χ2n) is 6.62. The van der Waals surface area contributed by atoms with Gasteiger partial charge in [0, 0.05) is 32.0 Å². The van der Waals surface area contributed by atoms with Crippen LogP contribution in [0.4, 0.5) is 10.1 Å². The first kappa shape index (κ1) is 23.8. The van der Waals surface area contributed by atoms with Crippen LogP contribution in [0.1, 0.15) is 11.1 Å². The Labute approximate surface area is 178 Å². The summed E-state index contributed by atoms with van der Waals surface area (Å²) < 4.78 is 33.1. The quantitative estimate of drug-likeness (QED) is 0.411. The van der Waals surface area contributed by atoms with Gasteiger partial charge in [-0.2, -0.15) is 0 Å². The molecule has 0 saturated heterocycles. The van der Waals surface area contributed by atoms with Crippen molar-refractivity contribution in [3.63, 3.8) is 0 Å². The van der Waals surface area contributed by atoms with E-state index in [0.29, 0.717) is 45.5 Å². The summed E-state index contributed by atoms with van der Waals surface area (Å²) in [4.78, 5) is 6.38. The number of benzene rings is 1. The van der Waals surface area contributed by atoms with Gasteiger partial charge in [-0.1, -0.05) is 24.3 Å². The van der Waals surface area contributed by atoms with Crippen LogP contribution in [0, 0.1) is 0 Å². The highest BCUT2D eigenvalue weighted by Crippen LogP contribution is 2.15. The summed E-state index contributed by atoms with van der Waals surface area (Å²) in [6.07, 6.45) is 5.85. The van der Waals surface area contributed by atoms with E-state index in [1.807, 2.05) is 32.3 Å². The van der Waals surface area contributed by atoms with Gasteiger partial charge in [-0.3, -0.25) is 0 Å². The van der Waals surface area contributed by atoms with Crippen LogP contribution >= 0.6 is 0 Å². The molecule has 0 spiro atoms. The molecule has 0 amide bonds. The predicted molar refractivity (Wildman–Crippen MR) is 118 cm³/mol. The van der Waals surface area contributed by atoms with Crippen molar-refractivity contribution in [3.8, 4) is 5.88 Å². The van der Waals surface area contributed by atoms with Crippen LogP contribution in [0.25, 0.3) is 12.2 Å². The van der Waals surface area contributed by atoms with Gasteiger partial charge in [0.25, 0.3) is 0 Å². The summed E-state index contributed by atoms with van der Waals surface area (Å²) in [5.74, 6) is 0.562. The molecule has 0 fully saturated rings. The average molecular weight is 419 g/mol. The topological polar surface area (TPSA) is 53.1 Å². The number of pyridine rings is 1. The van der Waals surface area contributed by atoms with Crippen molar-refractivity contribution >= 4 is 17.8 Å². The van der Waals surface area contributed by atoms with Gasteiger partial charge >= 0.3 is 0 Å². The number of hydrogen-bond acceptors (Lipinski definition) is 6. The number of ether oxygens (including phenoxy) is 4. The molecular formula is C23H31FN2O4. The van der Waals surface area contributed by atoms with Gasteiger partial charge in [-0.25, -0.2) is 9.37 Å². The maximum absolute atomic E-state index is 11.8. The van der Waals surface area contributed by atoms with Gasteiger partial charge in [0.2, 0.25) is 5.88 Å². The van der Waals surface area contributed by atoms with E-state index < -0.39 is 6.67 Å². The first-order chi connectivity index (χ1) is 14.7.